The SMILES string of the molecule is Clc1cc(Cl)cc(COC(Cn2ccnc2)c2ccc(Cl)cc2Cl)c1.Clc1ccc(COC(Cn2ccnc2)c2ccc(Cl)cc2Cl)cc1.Clc1ccccc1C(c1ccccc1)(c1ccccc1)n1ccnc1. The van der Waals surface area contributed by atoms with Crippen molar-refractivity contribution in [3.63, 3.8) is 0 Å². The maximum absolute atomic E-state index is 6.69. The molecule has 3 heterocycles. The maximum Gasteiger partial charge on any atom is 0.123 e. The molecule has 0 saturated heterocycles. The van der Waals surface area contributed by atoms with Gasteiger partial charge in [0.05, 0.1) is 45.3 Å². The fraction of sp³-hybridized carbons (Fsp3) is 0.121. The molecule has 10 rings (SSSR count). The van der Waals surface area contributed by atoms with E-state index in [0.29, 0.717) is 61.5 Å². The smallest absolute Gasteiger partial charge is 0.123 e. The number of hydrogen-bond acceptors (Lipinski definition) is 5. The second-order valence-corrected chi connectivity index (χ2v) is 20.2. The summed E-state index contributed by atoms with van der Waals surface area (Å²) in [4.78, 5) is 12.5. The Bertz CT molecular complexity index is 3230. The second kappa shape index (κ2) is 26.8. The summed E-state index contributed by atoms with van der Waals surface area (Å²) in [5.41, 5.74) is 6.37. The van der Waals surface area contributed by atoms with Gasteiger partial charge in [-0.1, -0.05) is 196 Å². The summed E-state index contributed by atoms with van der Waals surface area (Å²) in [5, 5.41) is 4.90. The predicted molar refractivity (Wildman–Crippen MR) is 302 cm³/mol. The van der Waals surface area contributed by atoms with Crippen LogP contribution < -0.4 is 0 Å². The Kier molecular flexibility index (Phi) is 19.8. The molecule has 3 aromatic heterocycles. The quantitative estimate of drug-likeness (QED) is 0.0902. The van der Waals surface area contributed by atoms with Crippen LogP contribution in [0.4, 0.5) is 0 Å². The molecule has 0 radical (unpaired) electrons. The Morgan fingerprint density at radius 1 is 0.405 bits per heavy atom. The lowest BCUT2D eigenvalue weighted by Gasteiger charge is -2.37. The van der Waals surface area contributed by atoms with Gasteiger partial charge in [0.25, 0.3) is 0 Å². The van der Waals surface area contributed by atoms with Gasteiger partial charge in [-0.2, -0.15) is 0 Å². The number of halogens is 8. The van der Waals surface area contributed by atoms with Gasteiger partial charge in [0.1, 0.15) is 17.7 Å². The van der Waals surface area contributed by atoms with E-state index in [4.69, 9.17) is 102 Å². The van der Waals surface area contributed by atoms with E-state index in [1.807, 2.05) is 119 Å². The van der Waals surface area contributed by atoms with Crippen molar-refractivity contribution in [2.75, 3.05) is 0 Å². The molecule has 8 nitrogen and oxygen atoms in total. The molecule has 10 aromatic rings. The van der Waals surface area contributed by atoms with E-state index in [0.717, 1.165) is 44.0 Å². The highest BCUT2D eigenvalue weighted by Gasteiger charge is 2.39. The molecule has 0 spiro atoms. The Hall–Kier alpha value is -5.59. The number of hydrogen-bond donors (Lipinski definition) is 0. The third-order valence-corrected chi connectivity index (χ3v) is 13.9. The van der Waals surface area contributed by atoms with Crippen molar-refractivity contribution < 1.29 is 9.47 Å². The second-order valence-electron chi connectivity index (χ2n) is 16.7. The third kappa shape index (κ3) is 14.4. The molecule has 74 heavy (non-hydrogen) atoms. The van der Waals surface area contributed by atoms with Gasteiger partial charge in [-0.25, -0.2) is 15.0 Å². The van der Waals surface area contributed by atoms with Crippen LogP contribution in [0.15, 0.2) is 220 Å². The number of aromatic nitrogens is 6. The molecule has 0 amide bonds. The third-order valence-electron chi connectivity index (χ3n) is 11.8. The molecule has 7 aromatic carbocycles. The van der Waals surface area contributed by atoms with Crippen molar-refractivity contribution in [2.24, 2.45) is 0 Å². The normalized spacial score (nSPS) is 12.0. The van der Waals surface area contributed by atoms with Crippen LogP contribution in [-0.2, 0) is 41.3 Å². The van der Waals surface area contributed by atoms with Crippen LogP contribution in [0.25, 0.3) is 0 Å². The van der Waals surface area contributed by atoms with Crippen molar-refractivity contribution in [1.29, 1.82) is 0 Å². The Balaban J connectivity index is 0.000000148. The van der Waals surface area contributed by atoms with Gasteiger partial charge in [0.15, 0.2) is 0 Å². The minimum Gasteiger partial charge on any atom is -0.367 e. The molecular weight excluding hydrogens is 1100 g/mol. The molecule has 0 aliphatic heterocycles. The molecule has 16 heteroatoms. The zero-order chi connectivity index (χ0) is 51.9. The van der Waals surface area contributed by atoms with Crippen LogP contribution >= 0.6 is 92.8 Å². The Morgan fingerprint density at radius 3 is 1.32 bits per heavy atom. The van der Waals surface area contributed by atoms with Gasteiger partial charge >= 0.3 is 0 Å². The Labute approximate surface area is 470 Å². The van der Waals surface area contributed by atoms with Gasteiger partial charge in [0, 0.05) is 94.1 Å². The summed E-state index contributed by atoms with van der Waals surface area (Å²) in [6.07, 6.45) is 15.8. The van der Waals surface area contributed by atoms with E-state index in [-0.39, 0.29) is 12.2 Å². The highest BCUT2D eigenvalue weighted by Crippen LogP contribution is 2.43. The first-order chi connectivity index (χ1) is 36.0. The summed E-state index contributed by atoms with van der Waals surface area (Å²) >= 11 is 49.4. The van der Waals surface area contributed by atoms with Gasteiger partial charge in [-0.05, 0) is 82.9 Å². The van der Waals surface area contributed by atoms with Gasteiger partial charge < -0.3 is 23.2 Å². The van der Waals surface area contributed by atoms with Crippen molar-refractivity contribution in [2.45, 2.75) is 44.1 Å². The molecule has 0 N–H and O–H groups in total. The van der Waals surface area contributed by atoms with Crippen molar-refractivity contribution >= 4 is 92.8 Å². The first kappa shape index (κ1) is 54.7. The number of benzene rings is 7. The lowest BCUT2D eigenvalue weighted by Crippen LogP contribution is -2.37. The molecule has 2 unspecified atom stereocenters. The monoisotopic (exact) mass is 1140 g/mol. The summed E-state index contributed by atoms with van der Waals surface area (Å²) < 4.78 is 18.3. The van der Waals surface area contributed by atoms with Crippen LogP contribution in [0, 0.1) is 0 Å². The summed E-state index contributed by atoms with van der Waals surface area (Å²) in [5.74, 6) is 0. The average molecular weight is 1140 g/mol. The van der Waals surface area contributed by atoms with E-state index in [2.05, 4.69) is 74.1 Å². The van der Waals surface area contributed by atoms with Crippen molar-refractivity contribution in [1.82, 2.24) is 28.7 Å². The van der Waals surface area contributed by atoms with E-state index in [1.54, 1.807) is 55.5 Å². The summed E-state index contributed by atoms with van der Waals surface area (Å²) in [7, 11) is 0. The fourth-order valence-electron chi connectivity index (χ4n) is 8.33. The van der Waals surface area contributed by atoms with E-state index >= 15 is 0 Å². The maximum atomic E-state index is 6.69. The topological polar surface area (TPSA) is 71.9 Å². The van der Waals surface area contributed by atoms with Crippen LogP contribution in [0.5, 0.6) is 0 Å². The molecule has 2 atom stereocenters. The fourth-order valence-corrected chi connectivity index (χ4v) is 10.4. The molecule has 0 fully saturated rings. The molecular formula is C58H46Cl8N6O2. The molecule has 0 aliphatic carbocycles. The summed E-state index contributed by atoms with van der Waals surface area (Å²) in [6.45, 7) is 1.97. The lowest BCUT2D eigenvalue weighted by atomic mass is 9.76. The largest absolute Gasteiger partial charge is 0.367 e. The minimum atomic E-state index is -0.586. The highest BCUT2D eigenvalue weighted by atomic mass is 35.5. The van der Waals surface area contributed by atoms with Gasteiger partial charge in [-0.15, -0.1) is 0 Å². The van der Waals surface area contributed by atoms with Crippen LogP contribution in [0.2, 0.25) is 40.2 Å². The average Bonchev–Trinajstić information content (AvgIpc) is 4.24. The summed E-state index contributed by atoms with van der Waals surface area (Å²) in [6, 6.07) is 52.6. The van der Waals surface area contributed by atoms with Crippen molar-refractivity contribution in [3.8, 4) is 0 Å². The van der Waals surface area contributed by atoms with Gasteiger partial charge in [0.2, 0.25) is 0 Å². The van der Waals surface area contributed by atoms with Crippen LogP contribution in [-0.4, -0.2) is 28.7 Å². The Morgan fingerprint density at radius 2 is 0.865 bits per heavy atom. The molecule has 376 valence electrons. The zero-order valence-corrected chi connectivity index (χ0v) is 45.3. The number of rotatable bonds is 16. The first-order valence-corrected chi connectivity index (χ1v) is 26.1. The number of nitrogens with zero attached hydrogens (tertiary/aromatic N) is 6. The lowest BCUT2D eigenvalue weighted by molar-refractivity contribution is 0.0280. The molecule has 0 aliphatic rings. The number of imidazole rings is 3. The standard InChI is InChI=1S/C22H17ClN2.C18H14Cl4N2O.C18H15Cl3N2O/c23-21-14-8-7-13-20(21)22(25-16-15-24-17-25,18-9-3-1-4-10-18)19-11-5-2-6-12-19;19-13-1-2-16(17(22)8-13)18(9-24-4-3-23-11-24)25-10-12-5-14(20)7-15(21)6-12;19-14-3-1-13(2-4-14)11-24-18(10-23-8-7-22-12-23)16-6-5-15(20)9-17(16)21/h1-17H;1-8,11,18H,9-10H2;1-9,12,18H,10-11H2. The van der Waals surface area contributed by atoms with Crippen LogP contribution in [0.1, 0.15) is 51.2 Å². The molecule has 0 bridgehead atoms. The van der Waals surface area contributed by atoms with Crippen molar-refractivity contribution in [3.05, 3.63) is 299 Å². The van der Waals surface area contributed by atoms with Crippen LogP contribution in [0.3, 0.4) is 0 Å². The van der Waals surface area contributed by atoms with E-state index < -0.39 is 5.54 Å². The zero-order valence-electron chi connectivity index (χ0n) is 39.3. The highest BCUT2D eigenvalue weighted by molar-refractivity contribution is 6.36. The predicted octanol–water partition coefficient (Wildman–Crippen LogP) is 17.6. The number of ether oxygens (including phenoxy) is 2. The first-order valence-electron chi connectivity index (χ1n) is 23.0. The minimum absolute atomic E-state index is 0.223. The molecule has 0 saturated carbocycles. The van der Waals surface area contributed by atoms with E-state index in [1.165, 1.54) is 0 Å². The van der Waals surface area contributed by atoms with E-state index in [9.17, 15) is 0 Å². The van der Waals surface area contributed by atoms with Gasteiger partial charge in [-0.3, -0.25) is 0 Å².